The first-order valence-corrected chi connectivity index (χ1v) is 5.38. The molecular weight excluding hydrogens is 190 g/mol. The van der Waals surface area contributed by atoms with Crippen molar-refractivity contribution in [1.82, 2.24) is 15.3 Å². The van der Waals surface area contributed by atoms with Crippen LogP contribution in [0.3, 0.4) is 0 Å². The van der Waals surface area contributed by atoms with Gasteiger partial charge in [-0.2, -0.15) is 0 Å². The van der Waals surface area contributed by atoms with Crippen molar-refractivity contribution >= 4 is 0 Å². The predicted molar refractivity (Wildman–Crippen MR) is 59.7 cm³/mol. The molecule has 1 unspecified atom stereocenters. The van der Waals surface area contributed by atoms with Gasteiger partial charge in [0.05, 0.1) is 18.3 Å². The van der Waals surface area contributed by atoms with Gasteiger partial charge in [0.2, 0.25) is 0 Å². The molecule has 1 N–H and O–H groups in total. The Labute approximate surface area is 91.1 Å². The Morgan fingerprint density at radius 1 is 1.47 bits per heavy atom. The van der Waals surface area contributed by atoms with E-state index in [4.69, 9.17) is 4.74 Å². The lowest BCUT2D eigenvalue weighted by atomic mass is 10.2. The molecule has 0 bridgehead atoms. The van der Waals surface area contributed by atoms with E-state index in [0.717, 1.165) is 24.7 Å². The lowest BCUT2D eigenvalue weighted by Crippen LogP contribution is -2.26. The molecule has 0 radical (unpaired) electrons. The Bertz CT molecular complexity index is 291. The highest BCUT2D eigenvalue weighted by Crippen LogP contribution is 2.09. The highest BCUT2D eigenvalue weighted by molar-refractivity contribution is 5.07. The second-order valence-electron chi connectivity index (χ2n) is 3.30. The zero-order valence-corrected chi connectivity index (χ0v) is 9.66. The van der Waals surface area contributed by atoms with Crippen molar-refractivity contribution in [2.45, 2.75) is 26.8 Å². The van der Waals surface area contributed by atoms with Gasteiger partial charge in [-0.15, -0.1) is 0 Å². The standard InChI is InChI=1S/C11H19N3O/c1-4-12-11(8-15-5-2)10-6-7-13-9(3)14-10/h6-7,11-12H,4-5,8H2,1-3H3. The molecule has 1 aromatic rings. The minimum atomic E-state index is 0.164. The average Bonchev–Trinajstić information content (AvgIpc) is 2.24. The molecule has 0 aliphatic carbocycles. The number of hydrogen-bond acceptors (Lipinski definition) is 4. The third kappa shape index (κ3) is 3.93. The summed E-state index contributed by atoms with van der Waals surface area (Å²) < 4.78 is 5.42. The van der Waals surface area contributed by atoms with Crippen molar-refractivity contribution in [3.63, 3.8) is 0 Å². The average molecular weight is 209 g/mol. The van der Waals surface area contributed by atoms with Crippen LogP contribution < -0.4 is 5.32 Å². The van der Waals surface area contributed by atoms with Crippen molar-refractivity contribution in [3.8, 4) is 0 Å². The largest absolute Gasteiger partial charge is 0.380 e. The summed E-state index contributed by atoms with van der Waals surface area (Å²) in [5, 5.41) is 3.35. The maximum absolute atomic E-state index is 5.42. The molecule has 0 aliphatic heterocycles. The quantitative estimate of drug-likeness (QED) is 0.770. The molecule has 1 heterocycles. The number of likely N-dealkylation sites (N-methyl/N-ethyl adjacent to an activating group) is 1. The topological polar surface area (TPSA) is 47.0 Å². The summed E-state index contributed by atoms with van der Waals surface area (Å²) in [7, 11) is 0. The third-order valence-corrected chi connectivity index (χ3v) is 2.09. The van der Waals surface area contributed by atoms with Crippen LogP contribution in [0.5, 0.6) is 0 Å². The molecule has 0 saturated carbocycles. The van der Waals surface area contributed by atoms with E-state index in [0.29, 0.717) is 6.61 Å². The molecule has 0 aliphatic rings. The lowest BCUT2D eigenvalue weighted by molar-refractivity contribution is 0.122. The van der Waals surface area contributed by atoms with Crippen molar-refractivity contribution in [3.05, 3.63) is 23.8 Å². The van der Waals surface area contributed by atoms with Gasteiger partial charge in [-0.05, 0) is 26.5 Å². The van der Waals surface area contributed by atoms with Crippen molar-refractivity contribution in [2.75, 3.05) is 19.8 Å². The lowest BCUT2D eigenvalue weighted by Gasteiger charge is -2.17. The van der Waals surface area contributed by atoms with Gasteiger partial charge in [0.25, 0.3) is 0 Å². The number of rotatable bonds is 6. The summed E-state index contributed by atoms with van der Waals surface area (Å²) in [4.78, 5) is 8.47. The maximum atomic E-state index is 5.42. The van der Waals surface area contributed by atoms with E-state index in [-0.39, 0.29) is 6.04 Å². The first-order chi connectivity index (χ1) is 7.27. The molecule has 0 saturated heterocycles. The molecule has 4 nitrogen and oxygen atoms in total. The molecule has 4 heteroatoms. The van der Waals surface area contributed by atoms with E-state index in [1.165, 1.54) is 0 Å². The van der Waals surface area contributed by atoms with Crippen molar-refractivity contribution in [1.29, 1.82) is 0 Å². The third-order valence-electron chi connectivity index (χ3n) is 2.09. The first-order valence-electron chi connectivity index (χ1n) is 5.38. The van der Waals surface area contributed by atoms with E-state index in [1.807, 2.05) is 19.9 Å². The molecule has 0 amide bonds. The molecule has 0 spiro atoms. The Morgan fingerprint density at radius 2 is 2.27 bits per heavy atom. The van der Waals surface area contributed by atoms with Crippen LogP contribution in [0.4, 0.5) is 0 Å². The Hall–Kier alpha value is -1.00. The fourth-order valence-electron chi connectivity index (χ4n) is 1.40. The fraction of sp³-hybridized carbons (Fsp3) is 0.636. The number of ether oxygens (including phenoxy) is 1. The molecule has 1 atom stereocenters. The highest BCUT2D eigenvalue weighted by atomic mass is 16.5. The summed E-state index contributed by atoms with van der Waals surface area (Å²) in [5.41, 5.74) is 0.998. The fourth-order valence-corrected chi connectivity index (χ4v) is 1.40. The van der Waals surface area contributed by atoms with Gasteiger partial charge in [-0.3, -0.25) is 0 Å². The summed E-state index contributed by atoms with van der Waals surface area (Å²) in [6.45, 7) is 8.25. The van der Waals surface area contributed by atoms with Crippen LogP contribution in [-0.2, 0) is 4.74 Å². The van der Waals surface area contributed by atoms with Crippen LogP contribution in [0, 0.1) is 6.92 Å². The van der Waals surface area contributed by atoms with E-state index < -0.39 is 0 Å². The van der Waals surface area contributed by atoms with Gasteiger partial charge in [-0.25, -0.2) is 9.97 Å². The van der Waals surface area contributed by atoms with Gasteiger partial charge < -0.3 is 10.1 Å². The van der Waals surface area contributed by atoms with E-state index in [2.05, 4.69) is 22.2 Å². The Morgan fingerprint density at radius 3 is 2.87 bits per heavy atom. The Balaban J connectivity index is 2.69. The van der Waals surface area contributed by atoms with E-state index in [1.54, 1.807) is 6.20 Å². The summed E-state index contributed by atoms with van der Waals surface area (Å²) >= 11 is 0. The summed E-state index contributed by atoms with van der Waals surface area (Å²) in [5.74, 6) is 0.798. The second-order valence-corrected chi connectivity index (χ2v) is 3.30. The molecule has 84 valence electrons. The molecule has 1 aromatic heterocycles. The first kappa shape index (κ1) is 12.1. The monoisotopic (exact) mass is 209 g/mol. The smallest absolute Gasteiger partial charge is 0.125 e. The van der Waals surface area contributed by atoms with Crippen molar-refractivity contribution in [2.24, 2.45) is 0 Å². The van der Waals surface area contributed by atoms with Gasteiger partial charge in [-0.1, -0.05) is 6.92 Å². The van der Waals surface area contributed by atoms with Gasteiger partial charge in [0.1, 0.15) is 5.82 Å². The predicted octanol–water partition coefficient (Wildman–Crippen LogP) is 1.47. The van der Waals surface area contributed by atoms with E-state index >= 15 is 0 Å². The van der Waals surface area contributed by atoms with Crippen LogP contribution >= 0.6 is 0 Å². The van der Waals surface area contributed by atoms with Crippen LogP contribution in [0.15, 0.2) is 12.3 Å². The minimum Gasteiger partial charge on any atom is -0.380 e. The summed E-state index contributed by atoms with van der Waals surface area (Å²) in [6.07, 6.45) is 1.79. The molecule has 15 heavy (non-hydrogen) atoms. The van der Waals surface area contributed by atoms with Crippen LogP contribution in [-0.4, -0.2) is 29.7 Å². The number of hydrogen-bond donors (Lipinski definition) is 1. The van der Waals surface area contributed by atoms with Crippen LogP contribution in [0.1, 0.15) is 31.4 Å². The van der Waals surface area contributed by atoms with Gasteiger partial charge in [0.15, 0.2) is 0 Å². The van der Waals surface area contributed by atoms with Gasteiger partial charge in [0, 0.05) is 12.8 Å². The highest BCUT2D eigenvalue weighted by Gasteiger charge is 2.11. The number of aryl methyl sites for hydroxylation is 1. The SMILES string of the molecule is CCNC(COCC)c1ccnc(C)n1. The number of aromatic nitrogens is 2. The molecule has 0 fully saturated rings. The zero-order chi connectivity index (χ0) is 11.1. The van der Waals surface area contributed by atoms with Crippen LogP contribution in [0.2, 0.25) is 0 Å². The summed E-state index contributed by atoms with van der Waals surface area (Å²) in [6, 6.07) is 2.09. The normalized spacial score (nSPS) is 12.7. The Kier molecular flexibility index (Phi) is 5.21. The van der Waals surface area contributed by atoms with Crippen LogP contribution in [0.25, 0.3) is 0 Å². The minimum absolute atomic E-state index is 0.164. The van der Waals surface area contributed by atoms with Crippen molar-refractivity contribution < 1.29 is 4.74 Å². The zero-order valence-electron chi connectivity index (χ0n) is 9.66. The molecular formula is C11H19N3O. The number of nitrogens with zero attached hydrogens (tertiary/aromatic N) is 2. The second kappa shape index (κ2) is 6.48. The maximum Gasteiger partial charge on any atom is 0.125 e. The molecule has 1 rings (SSSR count). The van der Waals surface area contributed by atoms with E-state index in [9.17, 15) is 0 Å². The number of nitrogens with one attached hydrogen (secondary N) is 1. The van der Waals surface area contributed by atoms with Gasteiger partial charge >= 0.3 is 0 Å². The molecule has 0 aromatic carbocycles.